The zero-order chi connectivity index (χ0) is 7.40. The molecule has 1 N–H and O–H groups in total. The van der Waals surface area contributed by atoms with Crippen molar-refractivity contribution in [2.24, 2.45) is 0 Å². The molecule has 57 valence electrons. The van der Waals surface area contributed by atoms with Crippen LogP contribution in [0.2, 0.25) is 0 Å². The van der Waals surface area contributed by atoms with E-state index in [1.807, 2.05) is 6.29 Å². The molecule has 1 radical (unpaired) electrons. The van der Waals surface area contributed by atoms with E-state index in [0.29, 0.717) is 0 Å². The number of hydrogen-bond acceptors (Lipinski definition) is 3. The first-order valence-electron chi connectivity index (χ1n) is 3.61. The summed E-state index contributed by atoms with van der Waals surface area (Å²) in [6.45, 7) is 0.816. The van der Waals surface area contributed by atoms with E-state index in [4.69, 9.17) is 5.11 Å². The van der Waals surface area contributed by atoms with Crippen LogP contribution in [0.1, 0.15) is 19.3 Å². The highest BCUT2D eigenvalue weighted by atomic mass is 16.3. The summed E-state index contributed by atoms with van der Waals surface area (Å²) < 4.78 is 0. The summed E-state index contributed by atoms with van der Waals surface area (Å²) in [6.07, 6.45) is 4.93. The zero-order valence-corrected chi connectivity index (χ0v) is 5.92. The Hall–Kier alpha value is -0.410. The third kappa shape index (κ3) is 1.55. The monoisotopic (exact) mass is 142 g/mol. The van der Waals surface area contributed by atoms with Gasteiger partial charge >= 0.3 is 0 Å². The lowest BCUT2D eigenvalue weighted by Gasteiger charge is -2.29. The number of nitrogens with zero attached hydrogens (tertiary/aromatic N) is 1. The quantitative estimate of drug-likeness (QED) is 0.585. The Labute approximate surface area is 60.6 Å². The van der Waals surface area contributed by atoms with Crippen molar-refractivity contribution < 1.29 is 9.90 Å². The van der Waals surface area contributed by atoms with Gasteiger partial charge in [0.1, 0.15) is 0 Å². The molecule has 0 saturated carbocycles. The summed E-state index contributed by atoms with van der Waals surface area (Å²) in [6, 6.07) is -0.154. The van der Waals surface area contributed by atoms with Crippen molar-refractivity contribution >= 4 is 6.29 Å². The normalized spacial score (nSPS) is 28.3. The van der Waals surface area contributed by atoms with E-state index >= 15 is 0 Å². The molecule has 0 aliphatic carbocycles. The van der Waals surface area contributed by atoms with Gasteiger partial charge in [-0.3, -0.25) is 9.69 Å². The molecule has 1 aliphatic rings. The highest BCUT2D eigenvalue weighted by Crippen LogP contribution is 2.13. The molecular weight excluding hydrogens is 130 g/mol. The predicted molar refractivity (Wildman–Crippen MR) is 37.1 cm³/mol. The molecule has 1 fully saturated rings. The molecule has 3 nitrogen and oxygen atoms in total. The summed E-state index contributed by atoms with van der Waals surface area (Å²) in [7, 11) is 0. The minimum Gasteiger partial charge on any atom is -0.381 e. The van der Waals surface area contributed by atoms with Crippen molar-refractivity contribution in [2.75, 3.05) is 13.3 Å². The van der Waals surface area contributed by atoms with Crippen LogP contribution in [0.3, 0.4) is 0 Å². The van der Waals surface area contributed by atoms with E-state index in [0.717, 1.165) is 25.8 Å². The van der Waals surface area contributed by atoms with E-state index in [1.54, 1.807) is 4.90 Å². The summed E-state index contributed by atoms with van der Waals surface area (Å²) in [5.41, 5.74) is 0. The fourth-order valence-electron chi connectivity index (χ4n) is 1.29. The third-order valence-electron chi connectivity index (χ3n) is 1.93. The molecule has 3 heteroatoms. The van der Waals surface area contributed by atoms with Crippen LogP contribution in [-0.4, -0.2) is 35.6 Å². The maximum absolute atomic E-state index is 10.3. The van der Waals surface area contributed by atoms with E-state index in [-0.39, 0.29) is 12.8 Å². The molecule has 0 spiro atoms. The van der Waals surface area contributed by atoms with Crippen LogP contribution in [0.4, 0.5) is 0 Å². The van der Waals surface area contributed by atoms with Gasteiger partial charge < -0.3 is 5.11 Å². The first-order chi connectivity index (χ1) is 4.88. The second-order valence-electron chi connectivity index (χ2n) is 2.58. The lowest BCUT2D eigenvalue weighted by atomic mass is 10.0. The molecule has 10 heavy (non-hydrogen) atoms. The maximum Gasteiger partial charge on any atom is 0.217 e. The van der Waals surface area contributed by atoms with Gasteiger partial charge in [0.05, 0.1) is 12.8 Å². The molecule has 1 saturated heterocycles. The smallest absolute Gasteiger partial charge is 0.217 e. The SMILES string of the molecule is O=[C]C1CCCCN1CO. The minimum absolute atomic E-state index is 0.0140. The first-order valence-corrected chi connectivity index (χ1v) is 3.61. The summed E-state index contributed by atoms with van der Waals surface area (Å²) in [5.74, 6) is 0. The molecule has 1 heterocycles. The van der Waals surface area contributed by atoms with Crippen LogP contribution in [0.5, 0.6) is 0 Å². The Balaban J connectivity index is 2.41. The van der Waals surface area contributed by atoms with E-state index in [2.05, 4.69) is 0 Å². The summed E-state index contributed by atoms with van der Waals surface area (Å²) in [4.78, 5) is 12.0. The van der Waals surface area contributed by atoms with Crippen LogP contribution in [-0.2, 0) is 4.79 Å². The highest BCUT2D eigenvalue weighted by molar-refractivity contribution is 5.58. The number of likely N-dealkylation sites (tertiary alicyclic amines) is 1. The molecule has 0 aromatic heterocycles. The maximum atomic E-state index is 10.3. The van der Waals surface area contributed by atoms with E-state index in [9.17, 15) is 4.79 Å². The van der Waals surface area contributed by atoms with Crippen LogP contribution in [0.25, 0.3) is 0 Å². The number of piperidine rings is 1. The number of aliphatic hydroxyl groups excluding tert-OH is 1. The number of rotatable bonds is 2. The molecule has 0 aromatic rings. The standard InChI is InChI=1S/C7H12NO2/c9-5-7-3-1-2-4-8(7)6-10/h7,10H,1-4,6H2. The van der Waals surface area contributed by atoms with Crippen LogP contribution < -0.4 is 0 Å². The van der Waals surface area contributed by atoms with Gasteiger partial charge in [0.2, 0.25) is 6.29 Å². The van der Waals surface area contributed by atoms with E-state index in [1.165, 1.54) is 0 Å². The Morgan fingerprint density at radius 3 is 2.90 bits per heavy atom. The van der Waals surface area contributed by atoms with Gasteiger partial charge in [0.15, 0.2) is 0 Å². The Bertz CT molecular complexity index is 116. The second kappa shape index (κ2) is 3.68. The average Bonchev–Trinajstić information content (AvgIpc) is 2.04. The fourth-order valence-corrected chi connectivity index (χ4v) is 1.29. The van der Waals surface area contributed by atoms with Crippen molar-refractivity contribution in [3.8, 4) is 0 Å². The number of carbonyl (C=O) groups excluding carboxylic acids is 1. The molecule has 1 unspecified atom stereocenters. The highest BCUT2D eigenvalue weighted by Gasteiger charge is 2.20. The average molecular weight is 142 g/mol. The fraction of sp³-hybridized carbons (Fsp3) is 0.857. The summed E-state index contributed by atoms with van der Waals surface area (Å²) in [5, 5.41) is 8.74. The topological polar surface area (TPSA) is 40.5 Å². The lowest BCUT2D eigenvalue weighted by molar-refractivity contribution is 0.0683. The summed E-state index contributed by atoms with van der Waals surface area (Å²) >= 11 is 0. The molecule has 1 rings (SSSR count). The van der Waals surface area contributed by atoms with Gasteiger partial charge in [-0.05, 0) is 12.8 Å². The van der Waals surface area contributed by atoms with Crippen molar-refractivity contribution in [1.82, 2.24) is 4.90 Å². The largest absolute Gasteiger partial charge is 0.381 e. The molecule has 1 atom stereocenters. The van der Waals surface area contributed by atoms with Crippen molar-refractivity contribution in [3.05, 3.63) is 0 Å². The number of hydrogen-bond donors (Lipinski definition) is 1. The first kappa shape index (κ1) is 7.69. The van der Waals surface area contributed by atoms with Crippen molar-refractivity contribution in [2.45, 2.75) is 25.3 Å². The van der Waals surface area contributed by atoms with Gasteiger partial charge in [-0.15, -0.1) is 0 Å². The van der Waals surface area contributed by atoms with E-state index < -0.39 is 0 Å². The van der Waals surface area contributed by atoms with Crippen LogP contribution in [0.15, 0.2) is 0 Å². The lowest BCUT2D eigenvalue weighted by Crippen LogP contribution is -2.40. The molecule has 0 amide bonds. The molecule has 0 bridgehead atoms. The Morgan fingerprint density at radius 1 is 1.60 bits per heavy atom. The van der Waals surface area contributed by atoms with Crippen LogP contribution >= 0.6 is 0 Å². The second-order valence-corrected chi connectivity index (χ2v) is 2.58. The predicted octanol–water partition coefficient (Wildman–Crippen LogP) is -0.0996. The van der Waals surface area contributed by atoms with Crippen LogP contribution in [0, 0.1) is 0 Å². The minimum atomic E-state index is -0.154. The molecule has 0 aromatic carbocycles. The zero-order valence-electron chi connectivity index (χ0n) is 5.92. The molecule has 1 aliphatic heterocycles. The Morgan fingerprint density at radius 2 is 2.40 bits per heavy atom. The van der Waals surface area contributed by atoms with Gasteiger partial charge in [0.25, 0.3) is 0 Å². The molecular formula is C7H12NO2. The van der Waals surface area contributed by atoms with Gasteiger partial charge in [-0.25, -0.2) is 0 Å². The van der Waals surface area contributed by atoms with Crippen molar-refractivity contribution in [1.29, 1.82) is 0 Å². The van der Waals surface area contributed by atoms with Crippen molar-refractivity contribution in [3.63, 3.8) is 0 Å². The van der Waals surface area contributed by atoms with Gasteiger partial charge in [0, 0.05) is 6.54 Å². The Kier molecular flexibility index (Phi) is 2.83. The number of aliphatic hydroxyl groups is 1. The van der Waals surface area contributed by atoms with Gasteiger partial charge in [-0.2, -0.15) is 0 Å². The van der Waals surface area contributed by atoms with Gasteiger partial charge in [-0.1, -0.05) is 6.42 Å². The third-order valence-corrected chi connectivity index (χ3v) is 1.93.